The fourth-order valence-electron chi connectivity index (χ4n) is 1.72. The number of nitrogens with zero attached hydrogens (tertiary/aromatic N) is 3. The smallest absolute Gasteiger partial charge is 0.129 e. The van der Waals surface area contributed by atoms with Crippen LogP contribution in [0, 0.1) is 0 Å². The summed E-state index contributed by atoms with van der Waals surface area (Å²) in [6, 6.07) is 1.91. The summed E-state index contributed by atoms with van der Waals surface area (Å²) in [6.45, 7) is 5.64. The van der Waals surface area contributed by atoms with Gasteiger partial charge in [-0.3, -0.25) is 0 Å². The van der Waals surface area contributed by atoms with Crippen LogP contribution in [-0.4, -0.2) is 28.6 Å². The second-order valence-electron chi connectivity index (χ2n) is 4.83. The third-order valence-corrected chi connectivity index (χ3v) is 3.75. The quantitative estimate of drug-likeness (QED) is 0.850. The average Bonchev–Trinajstić information content (AvgIpc) is 2.89. The molecule has 5 nitrogen and oxygen atoms in total. The maximum absolute atomic E-state index is 5.06. The minimum atomic E-state index is 0.492. The second kappa shape index (κ2) is 7.31. The van der Waals surface area contributed by atoms with Gasteiger partial charge in [0, 0.05) is 31.5 Å². The Morgan fingerprint density at radius 3 is 2.90 bits per heavy atom. The summed E-state index contributed by atoms with van der Waals surface area (Å²) in [5, 5.41) is 6.59. The maximum atomic E-state index is 5.06. The molecule has 6 heteroatoms. The van der Waals surface area contributed by atoms with Crippen LogP contribution >= 0.6 is 11.3 Å². The van der Waals surface area contributed by atoms with Gasteiger partial charge in [0.15, 0.2) is 0 Å². The number of nitrogens with one attached hydrogen (secondary N) is 1. The Morgan fingerprint density at radius 1 is 1.35 bits per heavy atom. The summed E-state index contributed by atoms with van der Waals surface area (Å²) >= 11 is 1.72. The van der Waals surface area contributed by atoms with Gasteiger partial charge in [0.25, 0.3) is 0 Å². The van der Waals surface area contributed by atoms with E-state index in [2.05, 4.69) is 39.5 Å². The number of hydrogen-bond acceptors (Lipinski definition) is 6. The molecule has 0 aliphatic carbocycles. The first-order valence-electron chi connectivity index (χ1n) is 6.67. The van der Waals surface area contributed by atoms with Crippen LogP contribution in [0.1, 0.15) is 36.2 Å². The lowest BCUT2D eigenvalue weighted by atomic mass is 10.2. The van der Waals surface area contributed by atoms with E-state index in [0.717, 1.165) is 29.5 Å². The molecule has 0 amide bonds. The van der Waals surface area contributed by atoms with Crippen molar-refractivity contribution in [2.45, 2.75) is 32.8 Å². The summed E-state index contributed by atoms with van der Waals surface area (Å²) in [4.78, 5) is 12.9. The topological polar surface area (TPSA) is 59.9 Å². The van der Waals surface area contributed by atoms with Gasteiger partial charge in [-0.05, 0) is 5.92 Å². The van der Waals surface area contributed by atoms with Crippen LogP contribution in [0.4, 0.5) is 5.82 Å². The van der Waals surface area contributed by atoms with Crippen molar-refractivity contribution in [1.29, 1.82) is 0 Å². The van der Waals surface area contributed by atoms with Gasteiger partial charge < -0.3 is 10.1 Å². The van der Waals surface area contributed by atoms with E-state index in [1.54, 1.807) is 24.8 Å². The standard InChI is InChI=1S/C14H20N4OS/c1-10(2)12-8-20-14(18-12)4-5-15-13-6-11(7-19-3)16-9-17-13/h6,8-10H,4-5,7H2,1-3H3,(H,15,16,17). The van der Waals surface area contributed by atoms with Gasteiger partial charge in [0.05, 0.1) is 23.0 Å². The lowest BCUT2D eigenvalue weighted by Crippen LogP contribution is -2.07. The summed E-state index contributed by atoms with van der Waals surface area (Å²) in [5.41, 5.74) is 2.05. The van der Waals surface area contributed by atoms with Gasteiger partial charge in [-0.2, -0.15) is 0 Å². The fraction of sp³-hybridized carbons (Fsp3) is 0.500. The predicted octanol–water partition coefficient (Wildman–Crippen LogP) is 2.86. The molecular weight excluding hydrogens is 272 g/mol. The molecule has 1 N–H and O–H groups in total. The van der Waals surface area contributed by atoms with Gasteiger partial charge in [-0.1, -0.05) is 13.8 Å². The molecule has 0 saturated carbocycles. The molecule has 0 atom stereocenters. The molecule has 0 spiro atoms. The Morgan fingerprint density at radius 2 is 2.20 bits per heavy atom. The van der Waals surface area contributed by atoms with E-state index in [4.69, 9.17) is 4.74 Å². The number of rotatable bonds is 7. The molecule has 108 valence electrons. The van der Waals surface area contributed by atoms with Crippen LogP contribution in [0.5, 0.6) is 0 Å². The van der Waals surface area contributed by atoms with Gasteiger partial charge in [-0.15, -0.1) is 11.3 Å². The van der Waals surface area contributed by atoms with Crippen LogP contribution in [0.15, 0.2) is 17.8 Å². The molecule has 0 fully saturated rings. The van der Waals surface area contributed by atoms with Gasteiger partial charge in [-0.25, -0.2) is 15.0 Å². The van der Waals surface area contributed by atoms with Gasteiger partial charge in [0.1, 0.15) is 12.1 Å². The number of aromatic nitrogens is 3. The summed E-state index contributed by atoms with van der Waals surface area (Å²) in [6.07, 6.45) is 2.46. The monoisotopic (exact) mass is 292 g/mol. The highest BCUT2D eigenvalue weighted by molar-refractivity contribution is 7.09. The van der Waals surface area contributed by atoms with Crippen molar-refractivity contribution in [3.05, 3.63) is 34.2 Å². The van der Waals surface area contributed by atoms with Crippen molar-refractivity contribution < 1.29 is 4.74 Å². The largest absolute Gasteiger partial charge is 0.378 e. The molecule has 2 aromatic rings. The zero-order chi connectivity index (χ0) is 14.4. The number of anilines is 1. The highest BCUT2D eigenvalue weighted by Crippen LogP contribution is 2.18. The first-order valence-corrected chi connectivity index (χ1v) is 7.55. The van der Waals surface area contributed by atoms with E-state index in [-0.39, 0.29) is 0 Å². The fourth-order valence-corrected chi connectivity index (χ4v) is 2.68. The summed E-state index contributed by atoms with van der Waals surface area (Å²) in [7, 11) is 1.66. The Bertz CT molecular complexity index is 541. The minimum absolute atomic E-state index is 0.492. The molecule has 2 rings (SSSR count). The Kier molecular flexibility index (Phi) is 5.43. The number of hydrogen-bond donors (Lipinski definition) is 1. The average molecular weight is 292 g/mol. The van der Waals surface area contributed by atoms with Crippen molar-refractivity contribution in [3.8, 4) is 0 Å². The summed E-state index contributed by atoms with van der Waals surface area (Å²) in [5.74, 6) is 1.32. The van der Waals surface area contributed by atoms with Crippen LogP contribution in [0.25, 0.3) is 0 Å². The maximum Gasteiger partial charge on any atom is 0.129 e. The van der Waals surface area contributed by atoms with Crippen molar-refractivity contribution in [2.75, 3.05) is 19.0 Å². The number of ether oxygens (including phenoxy) is 1. The third-order valence-electron chi connectivity index (χ3n) is 2.82. The van der Waals surface area contributed by atoms with Crippen LogP contribution in [0.3, 0.4) is 0 Å². The van der Waals surface area contributed by atoms with E-state index in [1.807, 2.05) is 6.07 Å². The molecule has 0 aromatic carbocycles. The lowest BCUT2D eigenvalue weighted by molar-refractivity contribution is 0.181. The Labute approximate surface area is 123 Å². The molecule has 0 aliphatic rings. The molecule has 20 heavy (non-hydrogen) atoms. The van der Waals surface area contributed by atoms with Crippen LogP contribution in [-0.2, 0) is 17.8 Å². The first kappa shape index (κ1) is 14.9. The molecule has 0 unspecified atom stereocenters. The zero-order valence-corrected chi connectivity index (χ0v) is 12.9. The highest BCUT2D eigenvalue weighted by Gasteiger charge is 2.05. The van der Waals surface area contributed by atoms with Crippen molar-refractivity contribution in [3.63, 3.8) is 0 Å². The molecule has 2 heterocycles. The second-order valence-corrected chi connectivity index (χ2v) is 5.77. The zero-order valence-electron chi connectivity index (χ0n) is 12.1. The van der Waals surface area contributed by atoms with Gasteiger partial charge in [0.2, 0.25) is 0 Å². The SMILES string of the molecule is COCc1cc(NCCc2nc(C(C)C)cs2)ncn1. The van der Waals surface area contributed by atoms with E-state index in [0.29, 0.717) is 12.5 Å². The molecule has 0 bridgehead atoms. The normalized spacial score (nSPS) is 11.0. The van der Waals surface area contributed by atoms with Crippen molar-refractivity contribution in [2.24, 2.45) is 0 Å². The predicted molar refractivity (Wildman–Crippen MR) is 81.1 cm³/mol. The minimum Gasteiger partial charge on any atom is -0.378 e. The molecular formula is C14H20N4OS. The van der Waals surface area contributed by atoms with Crippen LogP contribution in [0.2, 0.25) is 0 Å². The lowest BCUT2D eigenvalue weighted by Gasteiger charge is -2.05. The molecule has 2 aromatic heterocycles. The van der Waals surface area contributed by atoms with Crippen molar-refractivity contribution in [1.82, 2.24) is 15.0 Å². The summed E-state index contributed by atoms with van der Waals surface area (Å²) < 4.78 is 5.06. The first-order chi connectivity index (χ1) is 9.69. The molecule has 0 aliphatic heterocycles. The van der Waals surface area contributed by atoms with E-state index in [1.165, 1.54) is 5.69 Å². The molecule has 0 saturated heterocycles. The number of thiazole rings is 1. The van der Waals surface area contributed by atoms with Crippen LogP contribution < -0.4 is 5.32 Å². The Hall–Kier alpha value is -1.53. The third kappa shape index (κ3) is 4.25. The van der Waals surface area contributed by atoms with E-state index < -0.39 is 0 Å². The van der Waals surface area contributed by atoms with Crippen molar-refractivity contribution >= 4 is 17.2 Å². The van der Waals surface area contributed by atoms with Gasteiger partial charge >= 0.3 is 0 Å². The highest BCUT2D eigenvalue weighted by atomic mass is 32.1. The molecule has 0 radical (unpaired) electrons. The van der Waals surface area contributed by atoms with E-state index >= 15 is 0 Å². The Balaban J connectivity index is 1.84. The number of methoxy groups -OCH3 is 1. The van der Waals surface area contributed by atoms with E-state index in [9.17, 15) is 0 Å².